The fourth-order valence-electron chi connectivity index (χ4n) is 8.00. The first kappa shape index (κ1) is 57.2. The monoisotopic (exact) mass is 839 g/mol. The Morgan fingerprint density at radius 3 is 1.59 bits per heavy atom. The van der Waals surface area contributed by atoms with Crippen molar-refractivity contribution in [2.45, 2.75) is 227 Å². The number of likely N-dealkylation sites (N-methyl/N-ethyl adjacent to an activating group) is 1. The number of thioether (sulfide) groups is 1. The molecule has 0 radical (unpaired) electrons. The van der Waals surface area contributed by atoms with E-state index in [1.54, 1.807) is 0 Å². The molecule has 0 aromatic heterocycles. The van der Waals surface area contributed by atoms with Crippen molar-refractivity contribution in [1.29, 1.82) is 0 Å². The SMILES string of the molecule is C=C(CCN(CCCCCCOC(=O)C(CCCCCC)CCCCCCCC)CCN(CC)CCO)OCCCSCC(CCCCCC)CCCCCCCC. The van der Waals surface area contributed by atoms with Gasteiger partial charge in [-0.25, -0.2) is 0 Å². The van der Waals surface area contributed by atoms with Crippen LogP contribution < -0.4 is 0 Å². The molecule has 0 saturated heterocycles. The first-order chi connectivity index (χ1) is 28.4. The highest BCUT2D eigenvalue weighted by Crippen LogP contribution is 2.24. The van der Waals surface area contributed by atoms with Crippen LogP contribution in [-0.2, 0) is 14.3 Å². The van der Waals surface area contributed by atoms with Crippen molar-refractivity contribution in [2.24, 2.45) is 11.8 Å². The average molecular weight is 839 g/mol. The predicted octanol–water partition coefficient (Wildman–Crippen LogP) is 14.4. The van der Waals surface area contributed by atoms with Gasteiger partial charge >= 0.3 is 5.97 Å². The van der Waals surface area contributed by atoms with E-state index in [-0.39, 0.29) is 18.5 Å². The van der Waals surface area contributed by atoms with E-state index >= 15 is 0 Å². The van der Waals surface area contributed by atoms with Gasteiger partial charge < -0.3 is 24.4 Å². The Bertz CT molecular complexity index is 860. The largest absolute Gasteiger partial charge is 0.498 e. The molecule has 2 unspecified atom stereocenters. The number of hydrogen-bond acceptors (Lipinski definition) is 7. The van der Waals surface area contributed by atoms with Crippen LogP contribution in [0.5, 0.6) is 0 Å². The number of nitrogens with zero attached hydrogens (tertiary/aromatic N) is 2. The summed E-state index contributed by atoms with van der Waals surface area (Å²) in [7, 11) is 0. The van der Waals surface area contributed by atoms with Crippen LogP contribution in [0, 0.1) is 11.8 Å². The maximum Gasteiger partial charge on any atom is 0.308 e. The number of unbranched alkanes of at least 4 members (excludes halogenated alkanes) is 19. The molecular weight excluding hydrogens is 737 g/mol. The van der Waals surface area contributed by atoms with Gasteiger partial charge in [0.1, 0.15) is 0 Å². The molecule has 346 valence electrons. The molecule has 0 aliphatic heterocycles. The summed E-state index contributed by atoms with van der Waals surface area (Å²) < 4.78 is 12.0. The fraction of sp³-hybridized carbons (Fsp3) is 0.941. The molecule has 0 aliphatic rings. The molecule has 0 rings (SSSR count). The number of aliphatic hydroxyl groups excluding tert-OH is 1. The standard InChI is InChI=1S/C51H102N2O4S/c1-7-12-16-20-22-27-34-49(33-26-18-14-9-3)47-58-46-32-45-56-48(6)37-39-53(41-40-52(11-5)42-43-54)38-30-24-25-31-44-57-51(55)50(35-28-19-15-10-4)36-29-23-21-17-13-8-2/h49-50,54H,6-47H2,1-5H3. The van der Waals surface area contributed by atoms with E-state index in [1.165, 1.54) is 140 Å². The summed E-state index contributed by atoms with van der Waals surface area (Å²) in [6, 6.07) is 0. The Morgan fingerprint density at radius 2 is 1.02 bits per heavy atom. The number of carbonyl (C=O) groups is 1. The van der Waals surface area contributed by atoms with Crippen LogP contribution in [0.15, 0.2) is 12.3 Å². The number of esters is 1. The number of ether oxygens (including phenoxy) is 2. The van der Waals surface area contributed by atoms with Crippen molar-refractivity contribution in [3.05, 3.63) is 12.3 Å². The molecule has 2 atom stereocenters. The third kappa shape index (κ3) is 38.2. The van der Waals surface area contributed by atoms with Gasteiger partial charge in [-0.05, 0) is 75.5 Å². The molecule has 0 amide bonds. The maximum absolute atomic E-state index is 13.1. The fourth-order valence-corrected chi connectivity index (χ4v) is 9.16. The molecule has 0 spiro atoms. The first-order valence-electron chi connectivity index (χ1n) is 25.6. The van der Waals surface area contributed by atoms with E-state index in [0.717, 1.165) is 122 Å². The molecule has 0 saturated carbocycles. The average Bonchev–Trinajstić information content (AvgIpc) is 3.23. The summed E-state index contributed by atoms with van der Waals surface area (Å²) in [6.45, 7) is 22.8. The molecule has 6 nitrogen and oxygen atoms in total. The van der Waals surface area contributed by atoms with Crippen LogP contribution in [0.2, 0.25) is 0 Å². The molecule has 58 heavy (non-hydrogen) atoms. The summed E-state index contributed by atoms with van der Waals surface area (Å²) >= 11 is 2.15. The molecule has 0 heterocycles. The smallest absolute Gasteiger partial charge is 0.308 e. The van der Waals surface area contributed by atoms with E-state index in [2.05, 4.69) is 62.8 Å². The van der Waals surface area contributed by atoms with Crippen LogP contribution >= 0.6 is 11.8 Å². The van der Waals surface area contributed by atoms with E-state index in [9.17, 15) is 9.90 Å². The Kier molecular flexibility index (Phi) is 45.2. The van der Waals surface area contributed by atoms with Gasteiger partial charge in [-0.1, -0.05) is 182 Å². The van der Waals surface area contributed by atoms with Crippen LogP contribution in [0.25, 0.3) is 0 Å². The van der Waals surface area contributed by atoms with Gasteiger partial charge in [0.2, 0.25) is 0 Å². The van der Waals surface area contributed by atoms with Gasteiger partial charge in [-0.15, -0.1) is 0 Å². The molecular formula is C51H102N2O4S. The quantitative estimate of drug-likeness (QED) is 0.0372. The molecule has 0 aromatic rings. The number of aliphatic hydroxyl groups is 1. The lowest BCUT2D eigenvalue weighted by atomic mass is 9.94. The normalized spacial score (nSPS) is 12.8. The molecule has 1 N–H and O–H groups in total. The Morgan fingerprint density at radius 1 is 0.534 bits per heavy atom. The zero-order valence-corrected chi connectivity index (χ0v) is 40.6. The Balaban J connectivity index is 4.59. The Hall–Kier alpha value is -0.760. The number of rotatable bonds is 48. The molecule has 7 heteroatoms. The second-order valence-electron chi connectivity index (χ2n) is 17.5. The van der Waals surface area contributed by atoms with Crippen molar-refractivity contribution < 1.29 is 19.4 Å². The second kappa shape index (κ2) is 45.8. The van der Waals surface area contributed by atoms with E-state index in [1.807, 2.05) is 0 Å². The predicted molar refractivity (Wildman–Crippen MR) is 257 cm³/mol. The van der Waals surface area contributed by atoms with Crippen molar-refractivity contribution in [3.8, 4) is 0 Å². The minimum atomic E-state index is 0.0569. The third-order valence-electron chi connectivity index (χ3n) is 12.1. The van der Waals surface area contributed by atoms with Gasteiger partial charge in [0.05, 0.1) is 31.5 Å². The van der Waals surface area contributed by atoms with Gasteiger partial charge in [-0.3, -0.25) is 4.79 Å². The first-order valence-corrected chi connectivity index (χ1v) is 26.7. The topological polar surface area (TPSA) is 62.2 Å². The van der Waals surface area contributed by atoms with Crippen LogP contribution in [0.4, 0.5) is 0 Å². The second-order valence-corrected chi connectivity index (χ2v) is 18.7. The maximum atomic E-state index is 13.1. The lowest BCUT2D eigenvalue weighted by Crippen LogP contribution is -2.37. The summed E-state index contributed by atoms with van der Waals surface area (Å²) in [4.78, 5) is 17.9. The highest BCUT2D eigenvalue weighted by molar-refractivity contribution is 7.99. The Labute approximate surface area is 367 Å². The summed E-state index contributed by atoms with van der Waals surface area (Å²) in [5, 5.41) is 9.52. The zero-order chi connectivity index (χ0) is 42.6. The lowest BCUT2D eigenvalue weighted by Gasteiger charge is -2.27. The summed E-state index contributed by atoms with van der Waals surface area (Å²) in [5.74, 6) is 4.43. The third-order valence-corrected chi connectivity index (χ3v) is 13.4. The van der Waals surface area contributed by atoms with Crippen LogP contribution in [-0.4, -0.2) is 91.5 Å². The number of hydrogen-bond donors (Lipinski definition) is 1. The van der Waals surface area contributed by atoms with E-state index < -0.39 is 0 Å². The molecule has 0 aliphatic carbocycles. The van der Waals surface area contributed by atoms with Crippen molar-refractivity contribution in [2.75, 3.05) is 70.6 Å². The van der Waals surface area contributed by atoms with E-state index in [0.29, 0.717) is 6.61 Å². The van der Waals surface area contributed by atoms with Gasteiger partial charge in [-0.2, -0.15) is 11.8 Å². The van der Waals surface area contributed by atoms with Crippen molar-refractivity contribution in [1.82, 2.24) is 9.80 Å². The van der Waals surface area contributed by atoms with Gasteiger partial charge in [0, 0.05) is 32.6 Å². The highest BCUT2D eigenvalue weighted by atomic mass is 32.2. The summed E-state index contributed by atoms with van der Waals surface area (Å²) in [5.41, 5.74) is 0. The van der Waals surface area contributed by atoms with E-state index in [4.69, 9.17) is 9.47 Å². The molecule has 0 bridgehead atoms. The van der Waals surface area contributed by atoms with Crippen molar-refractivity contribution >= 4 is 17.7 Å². The lowest BCUT2D eigenvalue weighted by molar-refractivity contribution is -0.149. The number of carbonyl (C=O) groups excluding carboxylic acids is 1. The minimum absolute atomic E-state index is 0.0569. The van der Waals surface area contributed by atoms with Crippen LogP contribution in [0.1, 0.15) is 227 Å². The van der Waals surface area contributed by atoms with Crippen molar-refractivity contribution in [3.63, 3.8) is 0 Å². The molecule has 0 fully saturated rings. The highest BCUT2D eigenvalue weighted by Gasteiger charge is 2.19. The summed E-state index contributed by atoms with van der Waals surface area (Å²) in [6.07, 6.45) is 37.5. The van der Waals surface area contributed by atoms with Gasteiger partial charge in [0.15, 0.2) is 0 Å². The molecule has 0 aromatic carbocycles. The van der Waals surface area contributed by atoms with Gasteiger partial charge in [0.25, 0.3) is 0 Å². The van der Waals surface area contributed by atoms with Crippen LogP contribution in [0.3, 0.4) is 0 Å². The zero-order valence-electron chi connectivity index (χ0n) is 39.8. The minimum Gasteiger partial charge on any atom is -0.498 e.